The van der Waals surface area contributed by atoms with Crippen molar-refractivity contribution in [1.82, 2.24) is 5.32 Å². The Morgan fingerprint density at radius 1 is 1.18 bits per heavy atom. The summed E-state index contributed by atoms with van der Waals surface area (Å²) in [4.78, 5) is 21.4. The molecule has 0 aromatic heterocycles. The predicted molar refractivity (Wildman–Crippen MR) is 60.3 cm³/mol. The van der Waals surface area contributed by atoms with Crippen molar-refractivity contribution in [3.8, 4) is 0 Å². The quantitative estimate of drug-likeness (QED) is 0.574. The molecule has 0 saturated heterocycles. The van der Waals surface area contributed by atoms with Crippen LogP contribution >= 0.6 is 0 Å². The molecule has 0 rings (SSSR count). The van der Waals surface area contributed by atoms with Gasteiger partial charge in [0.05, 0.1) is 0 Å². The number of carboxylic acids is 1. The summed E-state index contributed by atoms with van der Waals surface area (Å²) in [7, 11) is 0. The van der Waals surface area contributed by atoms with Gasteiger partial charge in [0.2, 0.25) is 0 Å². The maximum atomic E-state index is 11.2. The molecular formula is C11H21AgNO4. The van der Waals surface area contributed by atoms with Crippen LogP contribution in [-0.4, -0.2) is 29.3 Å². The molecular weight excluding hydrogens is 318 g/mol. The first-order chi connectivity index (χ1) is 7.31. The second-order valence-corrected chi connectivity index (χ2v) is 4.63. The largest absolute Gasteiger partial charge is 0.481 e. The molecule has 105 valence electrons. The third kappa shape index (κ3) is 15.5. The minimum Gasteiger partial charge on any atom is -0.481 e. The molecule has 2 N–H and O–H groups in total. The van der Waals surface area contributed by atoms with Crippen LogP contribution in [0.5, 0.6) is 0 Å². The molecule has 0 saturated carbocycles. The van der Waals surface area contributed by atoms with Gasteiger partial charge in [-0.2, -0.15) is 0 Å². The van der Waals surface area contributed by atoms with Gasteiger partial charge in [-0.3, -0.25) is 4.79 Å². The fraction of sp³-hybridized carbons (Fsp3) is 0.818. The van der Waals surface area contributed by atoms with E-state index in [1.54, 1.807) is 20.8 Å². The Morgan fingerprint density at radius 3 is 2.24 bits per heavy atom. The van der Waals surface area contributed by atoms with Crippen LogP contribution in [0.2, 0.25) is 0 Å². The van der Waals surface area contributed by atoms with Gasteiger partial charge in [0, 0.05) is 35.3 Å². The molecule has 1 amide bonds. The second-order valence-electron chi connectivity index (χ2n) is 4.63. The van der Waals surface area contributed by atoms with Crippen LogP contribution in [0.15, 0.2) is 0 Å². The summed E-state index contributed by atoms with van der Waals surface area (Å²) in [6.07, 6.45) is 1.97. The molecule has 0 aliphatic carbocycles. The Labute approximate surface area is 118 Å². The topological polar surface area (TPSA) is 75.6 Å². The van der Waals surface area contributed by atoms with E-state index in [4.69, 9.17) is 9.84 Å². The SMILES string of the molecule is CC(C)(C)OC(=O)NCCCCCC(=O)O.[Ag]. The van der Waals surface area contributed by atoms with Crippen LogP contribution in [0, 0.1) is 0 Å². The number of carbonyl (C=O) groups excluding carboxylic acids is 1. The van der Waals surface area contributed by atoms with Crippen molar-refractivity contribution in [2.24, 2.45) is 0 Å². The van der Waals surface area contributed by atoms with E-state index in [0.717, 1.165) is 12.8 Å². The zero-order chi connectivity index (χ0) is 12.6. The van der Waals surface area contributed by atoms with Crippen molar-refractivity contribution in [2.45, 2.75) is 52.1 Å². The summed E-state index contributed by atoms with van der Waals surface area (Å²) in [6, 6.07) is 0. The number of carbonyl (C=O) groups is 2. The number of ether oxygens (including phenoxy) is 1. The van der Waals surface area contributed by atoms with Crippen molar-refractivity contribution in [3.63, 3.8) is 0 Å². The van der Waals surface area contributed by atoms with Crippen molar-refractivity contribution < 1.29 is 41.8 Å². The molecule has 1 radical (unpaired) electrons. The zero-order valence-electron chi connectivity index (χ0n) is 10.5. The maximum Gasteiger partial charge on any atom is 0.407 e. The van der Waals surface area contributed by atoms with Gasteiger partial charge in [-0.05, 0) is 33.6 Å². The molecule has 0 heterocycles. The third-order valence-electron chi connectivity index (χ3n) is 1.74. The summed E-state index contributed by atoms with van der Waals surface area (Å²) in [5.74, 6) is -0.778. The smallest absolute Gasteiger partial charge is 0.407 e. The Morgan fingerprint density at radius 2 is 1.76 bits per heavy atom. The van der Waals surface area contributed by atoms with Gasteiger partial charge in [0.1, 0.15) is 5.60 Å². The predicted octanol–water partition coefficient (Wildman–Crippen LogP) is 2.15. The normalized spacial score (nSPS) is 10.3. The van der Waals surface area contributed by atoms with E-state index in [-0.39, 0.29) is 28.8 Å². The van der Waals surface area contributed by atoms with Gasteiger partial charge in [0.25, 0.3) is 0 Å². The number of alkyl carbamates (subject to hydrolysis) is 1. The Hall–Kier alpha value is -0.520. The van der Waals surface area contributed by atoms with E-state index in [9.17, 15) is 9.59 Å². The number of rotatable bonds is 6. The minimum atomic E-state index is -0.778. The van der Waals surface area contributed by atoms with Crippen molar-refractivity contribution in [2.75, 3.05) is 6.54 Å². The van der Waals surface area contributed by atoms with Crippen molar-refractivity contribution >= 4 is 12.1 Å². The number of amides is 1. The van der Waals surface area contributed by atoms with Gasteiger partial charge in [-0.15, -0.1) is 0 Å². The fourth-order valence-electron chi connectivity index (χ4n) is 1.08. The second kappa shape index (κ2) is 9.50. The molecule has 0 atom stereocenters. The maximum absolute atomic E-state index is 11.2. The first-order valence-electron chi connectivity index (χ1n) is 5.50. The Bertz CT molecular complexity index is 238. The summed E-state index contributed by atoms with van der Waals surface area (Å²) in [6.45, 7) is 5.94. The number of aliphatic carboxylic acids is 1. The molecule has 0 bridgehead atoms. The van der Waals surface area contributed by atoms with E-state index in [1.165, 1.54) is 0 Å². The van der Waals surface area contributed by atoms with E-state index >= 15 is 0 Å². The molecule has 0 aliphatic heterocycles. The molecule has 0 aromatic rings. The van der Waals surface area contributed by atoms with Crippen LogP contribution in [0.25, 0.3) is 0 Å². The van der Waals surface area contributed by atoms with E-state index in [0.29, 0.717) is 13.0 Å². The van der Waals surface area contributed by atoms with Crippen LogP contribution in [0.1, 0.15) is 46.5 Å². The van der Waals surface area contributed by atoms with Crippen LogP contribution in [-0.2, 0) is 31.9 Å². The molecule has 0 unspecified atom stereocenters. The molecule has 17 heavy (non-hydrogen) atoms. The molecule has 0 fully saturated rings. The standard InChI is InChI=1S/C11H21NO4.Ag/c1-11(2,3)16-10(15)12-8-6-4-5-7-9(13)14;/h4-8H2,1-3H3,(H,12,15)(H,13,14);. The average molecular weight is 339 g/mol. The monoisotopic (exact) mass is 338 g/mol. The number of hydrogen-bond acceptors (Lipinski definition) is 3. The van der Waals surface area contributed by atoms with Crippen LogP contribution < -0.4 is 5.32 Å². The first-order valence-corrected chi connectivity index (χ1v) is 5.50. The average Bonchev–Trinajstić information content (AvgIpc) is 2.07. The number of unbranched alkanes of at least 4 members (excludes halogenated alkanes) is 2. The van der Waals surface area contributed by atoms with Gasteiger partial charge in [0.15, 0.2) is 0 Å². The van der Waals surface area contributed by atoms with Gasteiger partial charge in [-0.25, -0.2) is 4.79 Å². The third-order valence-corrected chi connectivity index (χ3v) is 1.74. The van der Waals surface area contributed by atoms with Crippen molar-refractivity contribution in [3.05, 3.63) is 0 Å². The number of nitrogens with one attached hydrogen (secondary N) is 1. The van der Waals surface area contributed by atoms with Gasteiger partial charge >= 0.3 is 12.1 Å². The molecule has 0 aliphatic rings. The summed E-state index contributed by atoms with van der Waals surface area (Å²) >= 11 is 0. The summed E-state index contributed by atoms with van der Waals surface area (Å²) in [5, 5.41) is 11.0. The van der Waals surface area contributed by atoms with Crippen LogP contribution in [0.3, 0.4) is 0 Å². The van der Waals surface area contributed by atoms with E-state index < -0.39 is 17.7 Å². The zero-order valence-corrected chi connectivity index (χ0v) is 12.0. The molecule has 0 aromatic carbocycles. The van der Waals surface area contributed by atoms with Gasteiger partial charge < -0.3 is 15.2 Å². The Kier molecular flexibility index (Phi) is 10.5. The summed E-state index contributed by atoms with van der Waals surface area (Å²) < 4.78 is 5.04. The fourth-order valence-corrected chi connectivity index (χ4v) is 1.08. The number of carboxylic acid groups (broad SMARTS) is 1. The molecule has 0 spiro atoms. The Balaban J connectivity index is 0. The first kappa shape index (κ1) is 18.8. The van der Waals surface area contributed by atoms with Crippen molar-refractivity contribution in [1.29, 1.82) is 0 Å². The minimum absolute atomic E-state index is 0. The molecule has 6 heteroatoms. The summed E-state index contributed by atoms with van der Waals surface area (Å²) in [5.41, 5.74) is -0.479. The van der Waals surface area contributed by atoms with Crippen LogP contribution in [0.4, 0.5) is 4.79 Å². The number of hydrogen-bond donors (Lipinski definition) is 2. The molecule has 5 nitrogen and oxygen atoms in total. The van der Waals surface area contributed by atoms with E-state index in [1.807, 2.05) is 0 Å². The van der Waals surface area contributed by atoms with E-state index in [2.05, 4.69) is 5.32 Å². The van der Waals surface area contributed by atoms with Gasteiger partial charge in [-0.1, -0.05) is 6.42 Å².